The lowest BCUT2D eigenvalue weighted by molar-refractivity contribution is 0.167. The van der Waals surface area contributed by atoms with Crippen LogP contribution < -0.4 is 5.32 Å². The summed E-state index contributed by atoms with van der Waals surface area (Å²) in [5.41, 5.74) is 2.03. The molecule has 0 aromatic heterocycles. The number of hydrogen-bond acceptors (Lipinski definition) is 2. The van der Waals surface area contributed by atoms with E-state index in [2.05, 4.69) is 44.0 Å². The lowest BCUT2D eigenvalue weighted by Gasteiger charge is -2.39. The summed E-state index contributed by atoms with van der Waals surface area (Å²) in [6.45, 7) is 12.9. The Balaban J connectivity index is 1.66. The molecule has 2 nitrogen and oxygen atoms in total. The van der Waals surface area contributed by atoms with Crippen LogP contribution in [0.15, 0.2) is 11.6 Å². The molecule has 0 unspecified atom stereocenters. The summed E-state index contributed by atoms with van der Waals surface area (Å²) in [4.78, 5) is 2.59. The van der Waals surface area contributed by atoms with Gasteiger partial charge in [-0.15, -0.1) is 0 Å². The highest BCUT2D eigenvalue weighted by Crippen LogP contribution is 2.35. The van der Waals surface area contributed by atoms with Gasteiger partial charge in [0.2, 0.25) is 0 Å². The number of nitrogens with one attached hydrogen (secondary N) is 1. The minimum Gasteiger partial charge on any atom is -0.311 e. The summed E-state index contributed by atoms with van der Waals surface area (Å²) >= 11 is 0. The molecule has 0 amide bonds. The Labute approximate surface area is 126 Å². The van der Waals surface area contributed by atoms with Crippen LogP contribution in [0.25, 0.3) is 0 Å². The molecule has 0 radical (unpaired) electrons. The molecule has 1 heterocycles. The van der Waals surface area contributed by atoms with Crippen molar-refractivity contribution in [3.05, 3.63) is 11.6 Å². The fourth-order valence-corrected chi connectivity index (χ4v) is 3.49. The maximum absolute atomic E-state index is 3.94. The quantitative estimate of drug-likeness (QED) is 0.783. The molecule has 1 N–H and O–H groups in total. The van der Waals surface area contributed by atoms with Crippen molar-refractivity contribution >= 4 is 0 Å². The van der Waals surface area contributed by atoms with Gasteiger partial charge in [0.05, 0.1) is 0 Å². The minimum absolute atomic E-state index is 0.589. The minimum atomic E-state index is 0.589. The van der Waals surface area contributed by atoms with E-state index in [1.54, 1.807) is 0 Å². The van der Waals surface area contributed by atoms with Crippen molar-refractivity contribution in [2.24, 2.45) is 5.41 Å². The van der Waals surface area contributed by atoms with Crippen molar-refractivity contribution in [2.75, 3.05) is 19.6 Å². The number of nitrogens with zero attached hydrogens (tertiary/aromatic N) is 1. The number of hydrogen-bond donors (Lipinski definition) is 1. The Morgan fingerprint density at radius 1 is 1.05 bits per heavy atom. The van der Waals surface area contributed by atoms with Crippen LogP contribution in [0.4, 0.5) is 0 Å². The second-order valence-electron chi connectivity index (χ2n) is 7.96. The SMILES string of the molecule is CC(C)=CCN1CCC(NC2CCC(C)(C)CC2)CC1. The number of allylic oxidation sites excluding steroid dienone is 1. The van der Waals surface area contributed by atoms with E-state index in [1.165, 1.54) is 57.2 Å². The third kappa shape index (κ3) is 5.21. The van der Waals surface area contributed by atoms with E-state index in [0.717, 1.165) is 18.6 Å². The first-order valence-electron chi connectivity index (χ1n) is 8.56. The maximum Gasteiger partial charge on any atom is 0.0165 e. The van der Waals surface area contributed by atoms with Crippen molar-refractivity contribution in [3.8, 4) is 0 Å². The Kier molecular flexibility index (Phi) is 5.68. The molecular weight excluding hydrogens is 244 g/mol. The van der Waals surface area contributed by atoms with E-state index in [0.29, 0.717) is 5.41 Å². The largest absolute Gasteiger partial charge is 0.311 e. The second kappa shape index (κ2) is 7.09. The zero-order valence-electron chi connectivity index (χ0n) is 14.0. The Bertz CT molecular complexity index is 310. The van der Waals surface area contributed by atoms with Crippen molar-refractivity contribution < 1.29 is 0 Å². The van der Waals surface area contributed by atoms with Gasteiger partial charge in [-0.05, 0) is 70.9 Å². The van der Waals surface area contributed by atoms with Crippen LogP contribution in [0.2, 0.25) is 0 Å². The van der Waals surface area contributed by atoms with Gasteiger partial charge in [0.1, 0.15) is 0 Å². The summed E-state index contributed by atoms with van der Waals surface area (Å²) in [6, 6.07) is 1.56. The third-order valence-corrected chi connectivity index (χ3v) is 5.16. The van der Waals surface area contributed by atoms with Crippen molar-refractivity contribution in [1.82, 2.24) is 10.2 Å². The number of rotatable bonds is 4. The molecule has 1 saturated heterocycles. The molecule has 116 valence electrons. The molecule has 1 aliphatic heterocycles. The molecule has 0 aromatic rings. The first-order chi connectivity index (χ1) is 9.44. The molecule has 20 heavy (non-hydrogen) atoms. The molecule has 2 heteroatoms. The Morgan fingerprint density at radius 2 is 1.60 bits per heavy atom. The summed E-state index contributed by atoms with van der Waals surface area (Å²) in [6.07, 6.45) is 10.6. The van der Waals surface area contributed by atoms with Gasteiger partial charge < -0.3 is 5.32 Å². The van der Waals surface area contributed by atoms with E-state index >= 15 is 0 Å². The van der Waals surface area contributed by atoms with Crippen LogP contribution >= 0.6 is 0 Å². The zero-order chi connectivity index (χ0) is 14.6. The fourth-order valence-electron chi connectivity index (χ4n) is 3.49. The lowest BCUT2D eigenvalue weighted by atomic mass is 9.75. The highest BCUT2D eigenvalue weighted by atomic mass is 15.1. The van der Waals surface area contributed by atoms with Crippen molar-refractivity contribution in [1.29, 1.82) is 0 Å². The molecule has 1 aliphatic carbocycles. The predicted octanol–water partition coefficient (Wildman–Crippen LogP) is 3.98. The van der Waals surface area contributed by atoms with Crippen LogP contribution in [0.1, 0.15) is 66.2 Å². The highest BCUT2D eigenvalue weighted by Gasteiger charge is 2.28. The second-order valence-corrected chi connectivity index (χ2v) is 7.96. The van der Waals surface area contributed by atoms with Gasteiger partial charge in [0, 0.05) is 18.6 Å². The predicted molar refractivity (Wildman–Crippen MR) is 88.1 cm³/mol. The molecule has 0 atom stereocenters. The molecule has 0 spiro atoms. The zero-order valence-corrected chi connectivity index (χ0v) is 14.0. The van der Waals surface area contributed by atoms with E-state index < -0.39 is 0 Å². The summed E-state index contributed by atoms with van der Waals surface area (Å²) in [5, 5.41) is 3.94. The number of piperidine rings is 1. The smallest absolute Gasteiger partial charge is 0.0165 e. The Hall–Kier alpha value is -0.340. The molecule has 2 fully saturated rings. The maximum atomic E-state index is 3.94. The fraction of sp³-hybridized carbons (Fsp3) is 0.889. The average Bonchev–Trinajstić information content (AvgIpc) is 2.40. The van der Waals surface area contributed by atoms with Gasteiger partial charge in [-0.3, -0.25) is 4.90 Å². The van der Waals surface area contributed by atoms with Gasteiger partial charge >= 0.3 is 0 Å². The van der Waals surface area contributed by atoms with Crippen LogP contribution in [0.5, 0.6) is 0 Å². The van der Waals surface area contributed by atoms with Crippen molar-refractivity contribution in [3.63, 3.8) is 0 Å². The topological polar surface area (TPSA) is 15.3 Å². The first-order valence-corrected chi connectivity index (χ1v) is 8.56. The van der Waals surface area contributed by atoms with Gasteiger partial charge in [-0.25, -0.2) is 0 Å². The molecule has 2 aliphatic rings. The summed E-state index contributed by atoms with van der Waals surface area (Å²) < 4.78 is 0. The van der Waals surface area contributed by atoms with E-state index in [9.17, 15) is 0 Å². The van der Waals surface area contributed by atoms with Gasteiger partial charge in [0.15, 0.2) is 0 Å². The standard InChI is InChI=1S/C18H34N2/c1-15(2)7-12-20-13-8-17(9-14-20)19-16-5-10-18(3,4)11-6-16/h7,16-17,19H,5-6,8-14H2,1-4H3. The van der Waals surface area contributed by atoms with Crippen LogP contribution in [-0.4, -0.2) is 36.6 Å². The van der Waals surface area contributed by atoms with E-state index in [-0.39, 0.29) is 0 Å². The van der Waals surface area contributed by atoms with Gasteiger partial charge in [-0.1, -0.05) is 25.5 Å². The highest BCUT2D eigenvalue weighted by molar-refractivity contribution is 4.96. The third-order valence-electron chi connectivity index (χ3n) is 5.16. The van der Waals surface area contributed by atoms with E-state index in [1.807, 2.05) is 0 Å². The number of likely N-dealkylation sites (tertiary alicyclic amines) is 1. The molecule has 0 aromatic carbocycles. The summed E-state index contributed by atoms with van der Waals surface area (Å²) in [7, 11) is 0. The van der Waals surface area contributed by atoms with Crippen LogP contribution in [0.3, 0.4) is 0 Å². The van der Waals surface area contributed by atoms with Gasteiger partial charge in [0.25, 0.3) is 0 Å². The van der Waals surface area contributed by atoms with Crippen molar-refractivity contribution in [2.45, 2.75) is 78.3 Å². The monoisotopic (exact) mass is 278 g/mol. The molecular formula is C18H34N2. The van der Waals surface area contributed by atoms with E-state index in [4.69, 9.17) is 0 Å². The van der Waals surface area contributed by atoms with Crippen LogP contribution in [0, 0.1) is 5.41 Å². The average molecular weight is 278 g/mol. The molecule has 0 bridgehead atoms. The molecule has 1 saturated carbocycles. The summed E-state index contributed by atoms with van der Waals surface area (Å²) in [5.74, 6) is 0. The normalized spacial score (nSPS) is 25.6. The Morgan fingerprint density at radius 3 is 2.15 bits per heavy atom. The lowest BCUT2D eigenvalue weighted by Crippen LogP contribution is -2.47. The first kappa shape index (κ1) is 16.0. The van der Waals surface area contributed by atoms with Crippen LogP contribution in [-0.2, 0) is 0 Å². The molecule has 2 rings (SSSR count). The van der Waals surface area contributed by atoms with Gasteiger partial charge in [-0.2, -0.15) is 0 Å².